The molecule has 0 unspecified atom stereocenters. The Hall–Kier alpha value is -3.49. The van der Waals surface area contributed by atoms with Crippen molar-refractivity contribution in [3.05, 3.63) is 64.0 Å². The molecule has 1 atom stereocenters. The zero-order valence-corrected chi connectivity index (χ0v) is 15.3. The van der Waals surface area contributed by atoms with Crippen LogP contribution in [-0.2, 0) is 20.7 Å². The quantitative estimate of drug-likeness (QED) is 0.421. The number of anilines is 1. The van der Waals surface area contributed by atoms with Crippen molar-refractivity contribution in [2.24, 2.45) is 0 Å². The van der Waals surface area contributed by atoms with Crippen LogP contribution < -0.4 is 10.1 Å². The van der Waals surface area contributed by atoms with Crippen LogP contribution >= 0.6 is 0 Å². The third-order valence-corrected chi connectivity index (χ3v) is 3.86. The summed E-state index contributed by atoms with van der Waals surface area (Å²) in [6, 6.07) is 10.1. The van der Waals surface area contributed by atoms with E-state index in [1.54, 1.807) is 19.2 Å². The summed E-state index contributed by atoms with van der Waals surface area (Å²) in [5.74, 6) is -1.55. The number of esters is 1. The van der Waals surface area contributed by atoms with Gasteiger partial charge in [-0.2, -0.15) is 4.39 Å². The van der Waals surface area contributed by atoms with Crippen molar-refractivity contribution in [3.8, 4) is 5.75 Å². The third-order valence-electron chi connectivity index (χ3n) is 3.86. The Bertz CT molecular complexity index is 869. The van der Waals surface area contributed by atoms with Crippen LogP contribution in [0.4, 0.5) is 15.8 Å². The van der Waals surface area contributed by atoms with Crippen LogP contribution in [-0.4, -0.2) is 30.0 Å². The molecule has 8 nitrogen and oxygen atoms in total. The summed E-state index contributed by atoms with van der Waals surface area (Å²) in [5.41, 5.74) is 0.176. The molecule has 9 heteroatoms. The van der Waals surface area contributed by atoms with Crippen molar-refractivity contribution >= 4 is 23.3 Å². The highest BCUT2D eigenvalue weighted by molar-refractivity contribution is 5.95. The van der Waals surface area contributed by atoms with E-state index in [0.717, 1.165) is 17.7 Å². The highest BCUT2D eigenvalue weighted by atomic mass is 19.1. The Labute approximate surface area is 160 Å². The first-order valence-electron chi connectivity index (χ1n) is 8.37. The number of benzene rings is 2. The predicted molar refractivity (Wildman–Crippen MR) is 98.6 cm³/mol. The molecule has 2 aromatic rings. The predicted octanol–water partition coefficient (Wildman–Crippen LogP) is 3.25. The summed E-state index contributed by atoms with van der Waals surface area (Å²) >= 11 is 0. The minimum absolute atomic E-state index is 0.0271. The first kappa shape index (κ1) is 20.8. The fraction of sp³-hybridized carbons (Fsp3) is 0.263. The van der Waals surface area contributed by atoms with Crippen LogP contribution in [0.5, 0.6) is 5.75 Å². The molecule has 1 N–H and O–H groups in total. The number of methoxy groups -OCH3 is 1. The van der Waals surface area contributed by atoms with E-state index in [9.17, 15) is 24.1 Å². The van der Waals surface area contributed by atoms with Crippen molar-refractivity contribution in [2.75, 3.05) is 12.4 Å². The Kier molecular flexibility index (Phi) is 7.02. The zero-order chi connectivity index (χ0) is 20.7. The number of carbonyl (C=O) groups excluding carboxylic acids is 2. The third kappa shape index (κ3) is 5.76. The van der Waals surface area contributed by atoms with Gasteiger partial charge in [0.05, 0.1) is 12.0 Å². The average molecular weight is 390 g/mol. The van der Waals surface area contributed by atoms with E-state index in [1.165, 1.54) is 13.0 Å². The molecule has 0 heterocycles. The molecule has 0 aliphatic carbocycles. The molecule has 0 saturated carbocycles. The van der Waals surface area contributed by atoms with Gasteiger partial charge in [0.2, 0.25) is 5.82 Å². The van der Waals surface area contributed by atoms with Crippen molar-refractivity contribution in [1.82, 2.24) is 0 Å². The molecule has 0 aliphatic heterocycles. The number of ether oxygens (including phenoxy) is 2. The van der Waals surface area contributed by atoms with Gasteiger partial charge in [0.15, 0.2) is 6.10 Å². The highest BCUT2D eigenvalue weighted by Crippen LogP contribution is 2.22. The van der Waals surface area contributed by atoms with E-state index in [4.69, 9.17) is 9.47 Å². The van der Waals surface area contributed by atoms with Crippen LogP contribution in [0.2, 0.25) is 0 Å². The number of nitro groups is 1. The van der Waals surface area contributed by atoms with Crippen molar-refractivity contribution in [3.63, 3.8) is 0 Å². The smallest absolute Gasteiger partial charge is 0.306 e. The number of hydrogen-bond donors (Lipinski definition) is 1. The van der Waals surface area contributed by atoms with Gasteiger partial charge in [-0.25, -0.2) is 0 Å². The molecule has 2 aromatic carbocycles. The molecule has 1 amide bonds. The summed E-state index contributed by atoms with van der Waals surface area (Å²) in [6.45, 7) is 1.37. The standard InChI is InChI=1S/C19H19FN2O6/c1-12(19(24)21-14-6-9-16(20)17(11-14)22(25)26)28-18(23)10-5-13-3-7-15(27-2)8-4-13/h3-4,6-9,11-12H,5,10H2,1-2H3,(H,21,24)/t12-/m0/s1. The Balaban J connectivity index is 1.86. The van der Waals surface area contributed by atoms with Gasteiger partial charge in [0.25, 0.3) is 5.91 Å². The lowest BCUT2D eigenvalue weighted by Gasteiger charge is -2.13. The SMILES string of the molecule is COc1ccc(CCC(=O)O[C@@H](C)C(=O)Nc2ccc(F)c([N+](=O)[O-])c2)cc1. The van der Waals surface area contributed by atoms with Crippen LogP contribution in [0.3, 0.4) is 0 Å². The lowest BCUT2D eigenvalue weighted by molar-refractivity contribution is -0.387. The van der Waals surface area contributed by atoms with Crippen molar-refractivity contribution in [2.45, 2.75) is 25.9 Å². The van der Waals surface area contributed by atoms with Gasteiger partial charge < -0.3 is 14.8 Å². The fourth-order valence-corrected chi connectivity index (χ4v) is 2.32. The molecule has 0 aliphatic rings. The number of aryl methyl sites for hydroxylation is 1. The topological polar surface area (TPSA) is 108 Å². The van der Waals surface area contributed by atoms with Gasteiger partial charge in [-0.1, -0.05) is 12.1 Å². The molecule has 2 rings (SSSR count). The maximum Gasteiger partial charge on any atom is 0.306 e. The fourth-order valence-electron chi connectivity index (χ4n) is 2.32. The highest BCUT2D eigenvalue weighted by Gasteiger charge is 2.20. The second-order valence-electron chi connectivity index (χ2n) is 5.89. The molecule has 0 fully saturated rings. The Morgan fingerprint density at radius 2 is 1.89 bits per heavy atom. The number of nitrogens with zero attached hydrogens (tertiary/aromatic N) is 1. The van der Waals surface area contributed by atoms with E-state index < -0.39 is 34.4 Å². The lowest BCUT2D eigenvalue weighted by atomic mass is 10.1. The number of rotatable bonds is 8. The second-order valence-corrected chi connectivity index (χ2v) is 5.89. The molecule has 0 bridgehead atoms. The summed E-state index contributed by atoms with van der Waals surface area (Å²) in [5, 5.41) is 13.1. The van der Waals surface area contributed by atoms with Gasteiger partial charge in [-0.05, 0) is 43.2 Å². The zero-order valence-electron chi connectivity index (χ0n) is 15.3. The maximum absolute atomic E-state index is 13.3. The lowest BCUT2D eigenvalue weighted by Crippen LogP contribution is -2.30. The molecule has 0 radical (unpaired) electrons. The van der Waals surface area contributed by atoms with Crippen LogP contribution in [0, 0.1) is 15.9 Å². The van der Waals surface area contributed by atoms with Gasteiger partial charge in [-0.15, -0.1) is 0 Å². The van der Waals surface area contributed by atoms with E-state index in [1.807, 2.05) is 12.1 Å². The maximum atomic E-state index is 13.3. The monoisotopic (exact) mass is 390 g/mol. The first-order chi connectivity index (χ1) is 13.3. The molecular formula is C19H19FN2O6. The van der Waals surface area contributed by atoms with Crippen LogP contribution in [0.1, 0.15) is 18.9 Å². The summed E-state index contributed by atoms with van der Waals surface area (Å²) in [4.78, 5) is 33.9. The number of hydrogen-bond acceptors (Lipinski definition) is 6. The van der Waals surface area contributed by atoms with Gasteiger partial charge >= 0.3 is 11.7 Å². The molecule has 0 aromatic heterocycles. The van der Waals surface area contributed by atoms with E-state index in [-0.39, 0.29) is 12.1 Å². The average Bonchev–Trinajstić information content (AvgIpc) is 2.67. The summed E-state index contributed by atoms with van der Waals surface area (Å²) in [7, 11) is 1.56. The number of halogens is 1. The van der Waals surface area contributed by atoms with Gasteiger partial charge in [-0.3, -0.25) is 19.7 Å². The van der Waals surface area contributed by atoms with Gasteiger partial charge in [0.1, 0.15) is 5.75 Å². The van der Waals surface area contributed by atoms with E-state index >= 15 is 0 Å². The number of carbonyl (C=O) groups is 2. The van der Waals surface area contributed by atoms with Crippen LogP contribution in [0.25, 0.3) is 0 Å². The molecular weight excluding hydrogens is 371 g/mol. The Morgan fingerprint density at radius 3 is 2.50 bits per heavy atom. The van der Waals surface area contributed by atoms with E-state index in [0.29, 0.717) is 12.2 Å². The van der Waals surface area contributed by atoms with Crippen molar-refractivity contribution < 1.29 is 28.4 Å². The first-order valence-corrected chi connectivity index (χ1v) is 8.37. The van der Waals surface area contributed by atoms with Crippen LogP contribution in [0.15, 0.2) is 42.5 Å². The number of nitro benzene ring substituents is 1. The van der Waals surface area contributed by atoms with Gasteiger partial charge in [0, 0.05) is 18.2 Å². The van der Waals surface area contributed by atoms with E-state index in [2.05, 4.69) is 5.32 Å². The Morgan fingerprint density at radius 1 is 1.21 bits per heavy atom. The minimum atomic E-state index is -1.12. The number of amides is 1. The summed E-state index contributed by atoms with van der Waals surface area (Å²) < 4.78 is 23.4. The van der Waals surface area contributed by atoms with Crippen molar-refractivity contribution in [1.29, 1.82) is 0 Å². The molecule has 0 spiro atoms. The molecule has 0 saturated heterocycles. The minimum Gasteiger partial charge on any atom is -0.497 e. The number of nitrogens with one attached hydrogen (secondary N) is 1. The second kappa shape index (κ2) is 9.45. The normalized spacial score (nSPS) is 11.4. The molecule has 148 valence electrons. The largest absolute Gasteiger partial charge is 0.497 e. The molecule has 28 heavy (non-hydrogen) atoms. The summed E-state index contributed by atoms with van der Waals surface area (Å²) in [6.07, 6.45) is -0.611.